The highest BCUT2D eigenvalue weighted by Crippen LogP contribution is 2.36. The molecule has 202 valence electrons. The number of hydrogen-bond acceptors (Lipinski definition) is 10. The number of alkyl carbamates (subject to hydrolysis) is 1. The van der Waals surface area contributed by atoms with Crippen LogP contribution in [0.4, 0.5) is 9.59 Å². The van der Waals surface area contributed by atoms with E-state index in [1.165, 1.54) is 6.08 Å². The molecule has 2 heterocycles. The second-order valence-electron chi connectivity index (χ2n) is 8.80. The molecule has 12 heteroatoms. The van der Waals surface area contributed by atoms with E-state index in [2.05, 4.69) is 11.9 Å². The van der Waals surface area contributed by atoms with Crippen LogP contribution in [-0.4, -0.2) is 92.1 Å². The zero-order valence-corrected chi connectivity index (χ0v) is 20.9. The van der Waals surface area contributed by atoms with Gasteiger partial charge < -0.3 is 35.1 Å². The van der Waals surface area contributed by atoms with Crippen LogP contribution in [0.5, 0.6) is 0 Å². The third kappa shape index (κ3) is 8.36. The number of nitrogens with two attached hydrogens (primary N) is 1. The summed E-state index contributed by atoms with van der Waals surface area (Å²) in [4.78, 5) is 64.8. The van der Waals surface area contributed by atoms with Crippen LogP contribution in [0.15, 0.2) is 35.2 Å². The smallest absolute Gasteiger partial charge is 0.407 e. The number of carbonyl (C=O) groups is 5. The number of primary amides is 1. The van der Waals surface area contributed by atoms with Gasteiger partial charge in [0.2, 0.25) is 11.6 Å². The summed E-state index contributed by atoms with van der Waals surface area (Å²) in [5.41, 5.74) is 6.39. The van der Waals surface area contributed by atoms with Crippen molar-refractivity contribution in [3.05, 3.63) is 35.2 Å². The summed E-state index contributed by atoms with van der Waals surface area (Å²) in [6.07, 6.45) is 2.51. The third-order valence-corrected chi connectivity index (χ3v) is 5.95. The Kier molecular flexibility index (Phi) is 10.1. The fraction of sp³-hybridized carbons (Fsp3) is 0.560. The van der Waals surface area contributed by atoms with Gasteiger partial charge in [-0.15, -0.1) is 0 Å². The van der Waals surface area contributed by atoms with Crippen LogP contribution < -0.4 is 11.1 Å². The lowest BCUT2D eigenvalue weighted by Gasteiger charge is -2.25. The van der Waals surface area contributed by atoms with Crippen molar-refractivity contribution < 1.29 is 38.2 Å². The number of carbonyl (C=O) groups excluding carboxylic acids is 5. The molecule has 0 aromatic rings. The third-order valence-electron chi connectivity index (χ3n) is 5.95. The predicted octanol–water partition coefficient (Wildman–Crippen LogP) is 1.17. The minimum absolute atomic E-state index is 0.00533. The van der Waals surface area contributed by atoms with Crippen LogP contribution in [0, 0.1) is 0 Å². The molecule has 2 amide bonds. The maximum Gasteiger partial charge on any atom is 0.407 e. The van der Waals surface area contributed by atoms with Crippen molar-refractivity contribution in [3.8, 4) is 0 Å². The van der Waals surface area contributed by atoms with E-state index < -0.39 is 12.2 Å². The summed E-state index contributed by atoms with van der Waals surface area (Å²) in [6, 6.07) is 0. The molecule has 0 saturated carbocycles. The Balaban J connectivity index is 1.47. The van der Waals surface area contributed by atoms with Crippen LogP contribution in [-0.2, 0) is 28.6 Å². The van der Waals surface area contributed by atoms with Gasteiger partial charge in [-0.2, -0.15) is 0 Å². The van der Waals surface area contributed by atoms with Crippen molar-refractivity contribution in [2.75, 3.05) is 52.5 Å². The molecule has 1 aliphatic carbocycles. The molecule has 0 aromatic carbocycles. The molecule has 2 saturated heterocycles. The molecule has 0 unspecified atom stereocenters. The molecule has 0 aromatic heterocycles. The van der Waals surface area contributed by atoms with Crippen LogP contribution in [0.25, 0.3) is 0 Å². The Hall–Kier alpha value is -3.83. The van der Waals surface area contributed by atoms with Crippen LogP contribution in [0.1, 0.15) is 38.5 Å². The predicted molar refractivity (Wildman–Crippen MR) is 131 cm³/mol. The number of rotatable bonds is 16. The Morgan fingerprint density at radius 1 is 0.865 bits per heavy atom. The number of esters is 1. The van der Waals surface area contributed by atoms with Crippen LogP contribution >= 0.6 is 0 Å². The van der Waals surface area contributed by atoms with Gasteiger partial charge in [0.25, 0.3) is 0 Å². The summed E-state index contributed by atoms with van der Waals surface area (Å²) < 4.78 is 14.9. The number of hydrogen-bond donors (Lipinski definition) is 2. The minimum Gasteiger partial charge on any atom is -0.465 e. The fourth-order valence-electron chi connectivity index (χ4n) is 4.00. The van der Waals surface area contributed by atoms with Gasteiger partial charge in [0.05, 0.1) is 24.6 Å². The van der Waals surface area contributed by atoms with E-state index in [9.17, 15) is 24.0 Å². The summed E-state index contributed by atoms with van der Waals surface area (Å²) in [7, 11) is 0. The zero-order chi connectivity index (χ0) is 26.8. The van der Waals surface area contributed by atoms with Crippen LogP contribution in [0.3, 0.4) is 0 Å². The molecule has 2 fully saturated rings. The summed E-state index contributed by atoms with van der Waals surface area (Å²) in [6.45, 7) is 6.64. The number of Topliss-reactive ketones (excluding diaryl/α,β-unsaturated/α-hetero) is 2. The fourth-order valence-corrected chi connectivity index (χ4v) is 4.00. The molecule has 0 radical (unpaired) electrons. The quantitative estimate of drug-likeness (QED) is 0.0759. The maximum atomic E-state index is 13.4. The monoisotopic (exact) mass is 518 g/mol. The number of allylic oxidation sites excluding steroid dienone is 2. The van der Waals surface area contributed by atoms with E-state index in [-0.39, 0.29) is 56.6 Å². The van der Waals surface area contributed by atoms with Crippen molar-refractivity contribution in [2.45, 2.75) is 38.5 Å². The number of nitrogens with one attached hydrogen (secondary N) is 1. The van der Waals surface area contributed by atoms with Crippen LogP contribution in [0.2, 0.25) is 0 Å². The summed E-state index contributed by atoms with van der Waals surface area (Å²) in [5.74, 6) is -0.883. The van der Waals surface area contributed by atoms with Gasteiger partial charge in [0.15, 0.2) is 0 Å². The highest BCUT2D eigenvalue weighted by atomic mass is 16.6. The Morgan fingerprint density at radius 3 is 1.95 bits per heavy atom. The lowest BCUT2D eigenvalue weighted by molar-refractivity contribution is -0.143. The van der Waals surface area contributed by atoms with E-state index in [0.29, 0.717) is 68.1 Å². The number of amides is 2. The second-order valence-corrected chi connectivity index (χ2v) is 8.80. The first-order valence-electron chi connectivity index (χ1n) is 12.5. The van der Waals surface area contributed by atoms with Crippen molar-refractivity contribution in [1.82, 2.24) is 15.1 Å². The van der Waals surface area contributed by atoms with E-state index in [1.807, 2.05) is 9.80 Å². The lowest BCUT2D eigenvalue weighted by atomic mass is 9.87. The molecule has 0 bridgehead atoms. The average molecular weight is 519 g/mol. The highest BCUT2D eigenvalue weighted by Gasteiger charge is 2.43. The van der Waals surface area contributed by atoms with Gasteiger partial charge in [-0.1, -0.05) is 19.1 Å². The topological polar surface area (TPSA) is 157 Å². The van der Waals surface area contributed by atoms with Gasteiger partial charge in [0.1, 0.15) is 6.61 Å². The molecular formula is C25H34N4O8. The first-order chi connectivity index (χ1) is 17.8. The first-order valence-corrected chi connectivity index (χ1v) is 12.5. The zero-order valence-electron chi connectivity index (χ0n) is 20.9. The minimum atomic E-state index is -0.937. The number of ketones is 2. The number of ether oxygens (including phenoxy) is 3. The van der Waals surface area contributed by atoms with E-state index >= 15 is 0 Å². The normalized spacial score (nSPS) is 16.5. The molecule has 12 nitrogen and oxygen atoms in total. The molecule has 2 aliphatic heterocycles. The molecule has 0 atom stereocenters. The molecule has 37 heavy (non-hydrogen) atoms. The van der Waals surface area contributed by atoms with Gasteiger partial charge in [-0.25, -0.2) is 9.59 Å². The van der Waals surface area contributed by atoms with E-state index in [1.54, 1.807) is 0 Å². The van der Waals surface area contributed by atoms with Crippen molar-refractivity contribution in [3.63, 3.8) is 0 Å². The standard InChI is InChI=1S/C25H34N4O8/c1-2-14-37-25(34)27-9-5-3-4-6-19(30)35-15-7-17-20(28-10-11-28)23(32)18(8-16-36-24(26)33)21(22(17)31)29-12-13-29/h2H,1,3-16H2,(H2,26,33)(H,27,34). The Labute approximate surface area is 215 Å². The van der Waals surface area contributed by atoms with Crippen molar-refractivity contribution in [2.24, 2.45) is 5.73 Å². The molecule has 3 N–H and O–H groups in total. The average Bonchev–Trinajstić information content (AvgIpc) is 3.77. The van der Waals surface area contributed by atoms with Crippen molar-refractivity contribution in [1.29, 1.82) is 0 Å². The Bertz CT molecular complexity index is 995. The highest BCUT2D eigenvalue weighted by molar-refractivity contribution is 6.25. The molecular weight excluding hydrogens is 484 g/mol. The van der Waals surface area contributed by atoms with Gasteiger partial charge in [0, 0.05) is 63.1 Å². The molecule has 3 rings (SSSR count). The molecule has 3 aliphatic rings. The maximum absolute atomic E-state index is 13.4. The summed E-state index contributed by atoms with van der Waals surface area (Å²) >= 11 is 0. The van der Waals surface area contributed by atoms with Gasteiger partial charge in [-0.3, -0.25) is 14.4 Å². The van der Waals surface area contributed by atoms with Gasteiger partial charge >= 0.3 is 18.2 Å². The van der Waals surface area contributed by atoms with Crippen molar-refractivity contribution >= 4 is 29.7 Å². The Morgan fingerprint density at radius 2 is 1.43 bits per heavy atom. The SMILES string of the molecule is C=CCOC(=O)NCCCCCC(=O)OCCC1=C(N2CC2)C(=O)C(CCOC(N)=O)=C(N2CC2)C1=O. The summed E-state index contributed by atoms with van der Waals surface area (Å²) in [5, 5.41) is 2.61. The van der Waals surface area contributed by atoms with Gasteiger partial charge in [-0.05, 0) is 12.8 Å². The first kappa shape index (κ1) is 27.8. The van der Waals surface area contributed by atoms with E-state index in [0.717, 1.165) is 6.42 Å². The number of unbranched alkanes of at least 4 members (excludes halogenated alkanes) is 2. The molecule has 0 spiro atoms. The van der Waals surface area contributed by atoms with E-state index in [4.69, 9.17) is 19.9 Å². The lowest BCUT2D eigenvalue weighted by Crippen LogP contribution is -2.32. The second kappa shape index (κ2) is 13.5. The number of nitrogens with zero attached hydrogens (tertiary/aromatic N) is 2. The largest absolute Gasteiger partial charge is 0.465 e.